The number of amides is 2. The first-order chi connectivity index (χ1) is 13.8. The van der Waals surface area contributed by atoms with Gasteiger partial charge >= 0.3 is 0 Å². The SMILES string of the molecule is NS(=O)(=O)c1ccc(CCNC(=O)c2ccc(NC(=O)c3ccco3)cc2)cc1. The van der Waals surface area contributed by atoms with Gasteiger partial charge in [-0.15, -0.1) is 0 Å². The van der Waals surface area contributed by atoms with Gasteiger partial charge in [0.25, 0.3) is 11.8 Å². The highest BCUT2D eigenvalue weighted by Crippen LogP contribution is 2.12. The van der Waals surface area contributed by atoms with Crippen LogP contribution in [0.25, 0.3) is 0 Å². The standard InChI is InChI=1S/C20H19N3O5S/c21-29(26,27)17-9-3-14(4-10-17)11-12-22-19(24)15-5-7-16(8-6-15)23-20(25)18-2-1-13-28-18/h1-10,13H,11-12H2,(H,22,24)(H,23,25)(H2,21,26,27). The molecule has 1 heterocycles. The Morgan fingerprint density at radius 1 is 0.931 bits per heavy atom. The van der Waals surface area contributed by atoms with Crippen LogP contribution >= 0.6 is 0 Å². The number of nitrogens with two attached hydrogens (primary N) is 1. The first-order valence-electron chi connectivity index (χ1n) is 8.68. The van der Waals surface area contributed by atoms with Crippen molar-refractivity contribution in [2.24, 2.45) is 5.14 Å². The van der Waals surface area contributed by atoms with Gasteiger partial charge in [-0.1, -0.05) is 12.1 Å². The first kappa shape index (κ1) is 20.3. The number of primary sulfonamides is 1. The lowest BCUT2D eigenvalue weighted by atomic mass is 10.1. The third-order valence-corrected chi connectivity index (χ3v) is 5.03. The Bertz CT molecular complexity index is 1090. The number of carbonyl (C=O) groups is 2. The molecule has 0 atom stereocenters. The van der Waals surface area contributed by atoms with Crippen molar-refractivity contribution >= 4 is 27.5 Å². The summed E-state index contributed by atoms with van der Waals surface area (Å²) in [4.78, 5) is 24.2. The molecular formula is C20H19N3O5S. The minimum Gasteiger partial charge on any atom is -0.459 e. The van der Waals surface area contributed by atoms with Crippen LogP contribution in [0.3, 0.4) is 0 Å². The van der Waals surface area contributed by atoms with E-state index in [-0.39, 0.29) is 22.5 Å². The van der Waals surface area contributed by atoms with E-state index < -0.39 is 10.0 Å². The Morgan fingerprint density at radius 3 is 2.21 bits per heavy atom. The topological polar surface area (TPSA) is 132 Å². The summed E-state index contributed by atoms with van der Waals surface area (Å²) in [6.07, 6.45) is 1.95. The van der Waals surface area contributed by atoms with Crippen LogP contribution in [0.5, 0.6) is 0 Å². The number of nitrogens with one attached hydrogen (secondary N) is 2. The Hall–Kier alpha value is -3.43. The molecule has 2 amide bonds. The summed E-state index contributed by atoms with van der Waals surface area (Å²) >= 11 is 0. The molecule has 8 nitrogen and oxygen atoms in total. The second-order valence-electron chi connectivity index (χ2n) is 6.20. The molecular weight excluding hydrogens is 394 g/mol. The number of hydrogen-bond donors (Lipinski definition) is 3. The van der Waals surface area contributed by atoms with Gasteiger partial charge in [0.1, 0.15) is 0 Å². The van der Waals surface area contributed by atoms with Crippen LogP contribution in [0.15, 0.2) is 76.2 Å². The lowest BCUT2D eigenvalue weighted by molar-refractivity contribution is 0.0953. The van der Waals surface area contributed by atoms with E-state index in [1.54, 1.807) is 48.5 Å². The van der Waals surface area contributed by atoms with Crippen LogP contribution < -0.4 is 15.8 Å². The highest BCUT2D eigenvalue weighted by Gasteiger charge is 2.10. The molecule has 0 bridgehead atoms. The normalized spacial score (nSPS) is 11.1. The number of sulfonamides is 1. The quantitative estimate of drug-likeness (QED) is 0.546. The van der Waals surface area contributed by atoms with Crippen LogP contribution in [0, 0.1) is 0 Å². The predicted octanol–water partition coefficient (Wildman–Crippen LogP) is 2.15. The number of anilines is 1. The van der Waals surface area contributed by atoms with Crippen molar-refractivity contribution in [3.8, 4) is 0 Å². The number of benzene rings is 2. The highest BCUT2D eigenvalue weighted by atomic mass is 32.2. The number of rotatable bonds is 7. The lowest BCUT2D eigenvalue weighted by Gasteiger charge is -2.07. The van der Waals surface area contributed by atoms with Crippen LogP contribution in [0.1, 0.15) is 26.5 Å². The molecule has 150 valence electrons. The zero-order valence-electron chi connectivity index (χ0n) is 15.3. The average molecular weight is 413 g/mol. The smallest absolute Gasteiger partial charge is 0.291 e. The minimum absolute atomic E-state index is 0.0458. The molecule has 4 N–H and O–H groups in total. The lowest BCUT2D eigenvalue weighted by Crippen LogP contribution is -2.25. The van der Waals surface area contributed by atoms with Crippen molar-refractivity contribution < 1.29 is 22.4 Å². The second kappa shape index (κ2) is 8.72. The first-order valence-corrected chi connectivity index (χ1v) is 10.2. The van der Waals surface area contributed by atoms with E-state index >= 15 is 0 Å². The molecule has 0 aliphatic heterocycles. The summed E-state index contributed by atoms with van der Waals surface area (Å²) in [7, 11) is -3.71. The van der Waals surface area contributed by atoms with E-state index in [0.29, 0.717) is 24.2 Å². The van der Waals surface area contributed by atoms with Gasteiger partial charge < -0.3 is 15.1 Å². The fourth-order valence-corrected chi connectivity index (χ4v) is 3.09. The molecule has 3 rings (SSSR count). The van der Waals surface area contributed by atoms with E-state index in [1.807, 2.05) is 0 Å². The number of carbonyl (C=O) groups excluding carboxylic acids is 2. The Kier molecular flexibility index (Phi) is 6.10. The van der Waals surface area contributed by atoms with Crippen LogP contribution in [-0.2, 0) is 16.4 Å². The van der Waals surface area contributed by atoms with E-state index in [4.69, 9.17) is 9.56 Å². The number of hydrogen-bond acceptors (Lipinski definition) is 5. The summed E-state index contributed by atoms with van der Waals surface area (Å²) in [5.41, 5.74) is 1.86. The second-order valence-corrected chi connectivity index (χ2v) is 7.77. The van der Waals surface area contributed by atoms with Gasteiger partial charge in [-0.3, -0.25) is 9.59 Å². The van der Waals surface area contributed by atoms with Crippen molar-refractivity contribution in [1.82, 2.24) is 5.32 Å². The fraction of sp³-hybridized carbons (Fsp3) is 0.100. The maximum atomic E-state index is 12.2. The van der Waals surface area contributed by atoms with Gasteiger partial charge in [0.05, 0.1) is 11.2 Å². The average Bonchev–Trinajstić information content (AvgIpc) is 3.23. The molecule has 3 aromatic rings. The maximum absolute atomic E-state index is 12.2. The molecule has 0 saturated carbocycles. The van der Waals surface area contributed by atoms with E-state index in [9.17, 15) is 18.0 Å². The summed E-state index contributed by atoms with van der Waals surface area (Å²) < 4.78 is 27.5. The van der Waals surface area contributed by atoms with Crippen molar-refractivity contribution in [1.29, 1.82) is 0 Å². The van der Waals surface area contributed by atoms with Crippen LogP contribution in [-0.4, -0.2) is 26.8 Å². The number of furan rings is 1. The van der Waals surface area contributed by atoms with Gasteiger partial charge in [0, 0.05) is 17.8 Å². The van der Waals surface area contributed by atoms with Crippen molar-refractivity contribution in [2.75, 3.05) is 11.9 Å². The largest absolute Gasteiger partial charge is 0.459 e. The summed E-state index contributed by atoms with van der Waals surface area (Å²) in [6.45, 7) is 0.379. The molecule has 9 heteroatoms. The van der Waals surface area contributed by atoms with Crippen LogP contribution in [0.4, 0.5) is 5.69 Å². The third kappa shape index (κ3) is 5.53. The molecule has 0 saturated heterocycles. The molecule has 1 aromatic heterocycles. The van der Waals surface area contributed by atoms with Gasteiger partial charge in [-0.2, -0.15) is 0 Å². The van der Waals surface area contributed by atoms with Crippen LogP contribution in [0.2, 0.25) is 0 Å². The van der Waals surface area contributed by atoms with Gasteiger partial charge in [-0.25, -0.2) is 13.6 Å². The monoisotopic (exact) mass is 413 g/mol. The molecule has 2 aromatic carbocycles. The molecule has 0 aliphatic rings. The van der Waals surface area contributed by atoms with Crippen molar-refractivity contribution in [3.63, 3.8) is 0 Å². The Morgan fingerprint density at radius 2 is 1.62 bits per heavy atom. The van der Waals surface area contributed by atoms with E-state index in [2.05, 4.69) is 10.6 Å². The summed E-state index contributed by atoms with van der Waals surface area (Å²) in [6, 6.07) is 15.8. The predicted molar refractivity (Wildman–Crippen MR) is 107 cm³/mol. The zero-order valence-corrected chi connectivity index (χ0v) is 16.1. The van der Waals surface area contributed by atoms with Gasteiger partial charge in [0.2, 0.25) is 10.0 Å². The summed E-state index contributed by atoms with van der Waals surface area (Å²) in [5.74, 6) is -0.431. The zero-order chi connectivity index (χ0) is 20.9. The minimum atomic E-state index is -3.71. The molecule has 0 unspecified atom stereocenters. The highest BCUT2D eigenvalue weighted by molar-refractivity contribution is 7.89. The fourth-order valence-electron chi connectivity index (χ4n) is 2.57. The van der Waals surface area contributed by atoms with E-state index in [1.165, 1.54) is 18.4 Å². The Balaban J connectivity index is 1.50. The molecule has 29 heavy (non-hydrogen) atoms. The van der Waals surface area contributed by atoms with E-state index in [0.717, 1.165) is 5.56 Å². The molecule has 0 spiro atoms. The summed E-state index contributed by atoms with van der Waals surface area (Å²) in [5, 5.41) is 10.5. The third-order valence-electron chi connectivity index (χ3n) is 4.10. The molecule has 0 aliphatic carbocycles. The molecule has 0 radical (unpaired) electrons. The van der Waals surface area contributed by atoms with Gasteiger partial charge in [0.15, 0.2) is 5.76 Å². The van der Waals surface area contributed by atoms with Crippen molar-refractivity contribution in [2.45, 2.75) is 11.3 Å². The maximum Gasteiger partial charge on any atom is 0.291 e. The Labute approximate surface area is 167 Å². The molecule has 0 fully saturated rings. The van der Waals surface area contributed by atoms with Gasteiger partial charge in [-0.05, 0) is 60.5 Å². The van der Waals surface area contributed by atoms with Crippen molar-refractivity contribution in [3.05, 3.63) is 83.8 Å².